The molecule has 0 saturated carbocycles. The van der Waals surface area contributed by atoms with Crippen molar-refractivity contribution in [2.24, 2.45) is 5.73 Å². The molecular formula is C15H25BrN2O. The van der Waals surface area contributed by atoms with E-state index in [0.29, 0.717) is 12.6 Å². The van der Waals surface area contributed by atoms with E-state index in [0.717, 1.165) is 23.1 Å². The van der Waals surface area contributed by atoms with Gasteiger partial charge in [0.25, 0.3) is 0 Å². The van der Waals surface area contributed by atoms with Crippen molar-refractivity contribution >= 4 is 15.9 Å². The summed E-state index contributed by atoms with van der Waals surface area (Å²) in [6, 6.07) is 7.00. The Hall–Kier alpha value is -0.580. The van der Waals surface area contributed by atoms with Crippen molar-refractivity contribution in [3.8, 4) is 5.75 Å². The zero-order valence-corrected chi connectivity index (χ0v) is 13.9. The number of benzene rings is 1. The van der Waals surface area contributed by atoms with Crippen molar-refractivity contribution in [1.29, 1.82) is 0 Å². The van der Waals surface area contributed by atoms with Gasteiger partial charge >= 0.3 is 0 Å². The molecule has 0 aliphatic heterocycles. The van der Waals surface area contributed by atoms with Gasteiger partial charge in [-0.3, -0.25) is 4.90 Å². The highest BCUT2D eigenvalue weighted by atomic mass is 79.9. The molecule has 0 spiro atoms. The van der Waals surface area contributed by atoms with Crippen molar-refractivity contribution < 1.29 is 4.74 Å². The van der Waals surface area contributed by atoms with Gasteiger partial charge in [-0.25, -0.2) is 0 Å². The van der Waals surface area contributed by atoms with Crippen LogP contribution in [0.1, 0.15) is 38.3 Å². The lowest BCUT2D eigenvalue weighted by Gasteiger charge is -2.34. The van der Waals surface area contributed by atoms with Crippen LogP contribution in [-0.4, -0.2) is 31.6 Å². The van der Waals surface area contributed by atoms with Crippen molar-refractivity contribution in [3.05, 3.63) is 28.2 Å². The predicted molar refractivity (Wildman–Crippen MR) is 84.6 cm³/mol. The summed E-state index contributed by atoms with van der Waals surface area (Å²) in [5.74, 6) is 0.852. The van der Waals surface area contributed by atoms with E-state index in [4.69, 9.17) is 10.5 Å². The Morgan fingerprint density at radius 1 is 1.32 bits per heavy atom. The summed E-state index contributed by atoms with van der Waals surface area (Å²) < 4.78 is 6.25. The van der Waals surface area contributed by atoms with Crippen LogP contribution in [0.25, 0.3) is 0 Å². The van der Waals surface area contributed by atoms with Crippen LogP contribution < -0.4 is 10.5 Å². The fourth-order valence-electron chi connectivity index (χ4n) is 2.55. The Kier molecular flexibility index (Phi) is 6.83. The molecule has 0 aliphatic carbocycles. The minimum absolute atomic E-state index is 0.243. The summed E-state index contributed by atoms with van der Waals surface area (Å²) in [4.78, 5) is 2.38. The van der Waals surface area contributed by atoms with E-state index in [1.807, 2.05) is 6.07 Å². The fourth-order valence-corrected chi connectivity index (χ4v) is 3.10. The number of halogens is 1. The molecule has 19 heavy (non-hydrogen) atoms. The molecule has 108 valence electrons. The lowest BCUT2D eigenvalue weighted by atomic mass is 10.0. The van der Waals surface area contributed by atoms with Crippen molar-refractivity contribution in [3.63, 3.8) is 0 Å². The van der Waals surface area contributed by atoms with Gasteiger partial charge in [0, 0.05) is 18.6 Å². The molecule has 1 unspecified atom stereocenters. The van der Waals surface area contributed by atoms with Gasteiger partial charge in [0.2, 0.25) is 0 Å². The van der Waals surface area contributed by atoms with E-state index < -0.39 is 0 Å². The van der Waals surface area contributed by atoms with Crippen molar-refractivity contribution in [1.82, 2.24) is 4.90 Å². The summed E-state index contributed by atoms with van der Waals surface area (Å²) in [6.45, 7) is 5.07. The zero-order chi connectivity index (χ0) is 14.4. The number of nitrogens with two attached hydrogens (primary N) is 1. The maximum Gasteiger partial charge on any atom is 0.133 e. The summed E-state index contributed by atoms with van der Waals surface area (Å²) in [6.07, 6.45) is 2.28. The molecule has 0 amide bonds. The zero-order valence-electron chi connectivity index (χ0n) is 12.3. The van der Waals surface area contributed by atoms with Crippen LogP contribution >= 0.6 is 15.9 Å². The van der Waals surface area contributed by atoms with Gasteiger partial charge in [0.05, 0.1) is 11.6 Å². The normalized spacial score (nSPS) is 13.1. The quantitative estimate of drug-likeness (QED) is 0.831. The van der Waals surface area contributed by atoms with Crippen LogP contribution in [0.5, 0.6) is 5.75 Å². The van der Waals surface area contributed by atoms with E-state index in [-0.39, 0.29) is 6.04 Å². The number of rotatable bonds is 7. The lowest BCUT2D eigenvalue weighted by molar-refractivity contribution is 0.167. The number of hydrogen-bond acceptors (Lipinski definition) is 3. The Morgan fingerprint density at radius 2 is 1.95 bits per heavy atom. The van der Waals surface area contributed by atoms with Gasteiger partial charge in [0.15, 0.2) is 0 Å². The Morgan fingerprint density at radius 3 is 2.37 bits per heavy atom. The molecule has 0 aromatic heterocycles. The first-order chi connectivity index (χ1) is 9.08. The predicted octanol–water partition coefficient (Wildman–Crippen LogP) is 3.58. The van der Waals surface area contributed by atoms with E-state index in [9.17, 15) is 0 Å². The number of hydrogen-bond donors (Lipinski definition) is 1. The molecule has 0 radical (unpaired) electrons. The van der Waals surface area contributed by atoms with Crippen LogP contribution in [-0.2, 0) is 0 Å². The first kappa shape index (κ1) is 16.5. The summed E-state index contributed by atoms with van der Waals surface area (Å²) >= 11 is 3.54. The molecule has 1 rings (SSSR count). The second-order valence-electron chi connectivity index (χ2n) is 4.78. The largest absolute Gasteiger partial charge is 0.496 e. The Labute approximate surface area is 125 Å². The molecule has 4 heteroatoms. The minimum atomic E-state index is 0.243. The Balaban J connectivity index is 2.99. The van der Waals surface area contributed by atoms with Crippen LogP contribution in [0.3, 0.4) is 0 Å². The molecule has 3 nitrogen and oxygen atoms in total. The first-order valence-electron chi connectivity index (χ1n) is 6.84. The van der Waals surface area contributed by atoms with Gasteiger partial charge < -0.3 is 10.5 Å². The second kappa shape index (κ2) is 7.88. The third-order valence-corrected chi connectivity index (χ3v) is 4.41. The third kappa shape index (κ3) is 3.94. The molecule has 2 N–H and O–H groups in total. The molecule has 0 heterocycles. The van der Waals surface area contributed by atoms with Crippen LogP contribution in [0.2, 0.25) is 0 Å². The standard InChI is InChI=1S/C15H25BrN2O/c1-5-12(6-2)18(3)14(10-17)11-7-8-15(19-4)13(16)9-11/h7-9,12,14H,5-6,10,17H2,1-4H3. The Bertz CT molecular complexity index is 394. The molecule has 0 aliphatic rings. The molecule has 0 fully saturated rings. The minimum Gasteiger partial charge on any atom is -0.496 e. The first-order valence-corrected chi connectivity index (χ1v) is 7.63. The highest BCUT2D eigenvalue weighted by molar-refractivity contribution is 9.10. The molecule has 1 aromatic rings. The average molecular weight is 329 g/mol. The molecule has 1 aromatic carbocycles. The number of nitrogens with zero attached hydrogens (tertiary/aromatic N) is 1. The fraction of sp³-hybridized carbons (Fsp3) is 0.600. The average Bonchev–Trinajstić information content (AvgIpc) is 2.41. The summed E-state index contributed by atoms with van der Waals surface area (Å²) in [5, 5.41) is 0. The van der Waals surface area contributed by atoms with Gasteiger partial charge in [-0.2, -0.15) is 0 Å². The van der Waals surface area contributed by atoms with Gasteiger partial charge in [-0.15, -0.1) is 0 Å². The van der Waals surface area contributed by atoms with Gasteiger partial charge in [-0.1, -0.05) is 19.9 Å². The molecule has 1 atom stereocenters. The maximum absolute atomic E-state index is 5.99. The van der Waals surface area contributed by atoms with Gasteiger partial charge in [-0.05, 0) is 53.5 Å². The van der Waals surface area contributed by atoms with Crippen molar-refractivity contribution in [2.75, 3.05) is 20.7 Å². The third-order valence-electron chi connectivity index (χ3n) is 3.79. The number of likely N-dealkylation sites (N-methyl/N-ethyl adjacent to an activating group) is 1. The number of ether oxygens (including phenoxy) is 1. The topological polar surface area (TPSA) is 38.5 Å². The molecule has 0 bridgehead atoms. The van der Waals surface area contributed by atoms with E-state index >= 15 is 0 Å². The van der Waals surface area contributed by atoms with E-state index in [1.54, 1.807) is 7.11 Å². The highest BCUT2D eigenvalue weighted by Gasteiger charge is 2.21. The SMILES string of the molecule is CCC(CC)N(C)C(CN)c1ccc(OC)c(Br)c1. The molecule has 0 saturated heterocycles. The van der Waals surface area contributed by atoms with Crippen LogP contribution in [0.15, 0.2) is 22.7 Å². The summed E-state index contributed by atoms with van der Waals surface area (Å²) in [5.41, 5.74) is 7.21. The second-order valence-corrected chi connectivity index (χ2v) is 5.64. The molecular weight excluding hydrogens is 304 g/mol. The van der Waals surface area contributed by atoms with Crippen LogP contribution in [0, 0.1) is 0 Å². The summed E-state index contributed by atoms with van der Waals surface area (Å²) in [7, 11) is 3.84. The van der Waals surface area contributed by atoms with Gasteiger partial charge in [0.1, 0.15) is 5.75 Å². The lowest BCUT2D eigenvalue weighted by Crippen LogP contribution is -2.38. The van der Waals surface area contributed by atoms with E-state index in [2.05, 4.69) is 53.9 Å². The smallest absolute Gasteiger partial charge is 0.133 e. The van der Waals surface area contributed by atoms with E-state index in [1.165, 1.54) is 5.56 Å². The number of methoxy groups -OCH3 is 1. The van der Waals surface area contributed by atoms with Crippen LogP contribution in [0.4, 0.5) is 0 Å². The maximum atomic E-state index is 5.99. The highest BCUT2D eigenvalue weighted by Crippen LogP contribution is 2.30. The monoisotopic (exact) mass is 328 g/mol. The van der Waals surface area contributed by atoms with Crippen molar-refractivity contribution in [2.45, 2.75) is 38.8 Å².